The highest BCUT2D eigenvalue weighted by atomic mass is 16.6. The molecule has 0 bridgehead atoms. The van der Waals surface area contributed by atoms with E-state index >= 15 is 28.8 Å². The van der Waals surface area contributed by atoms with Crippen LogP contribution < -0.4 is 0 Å². The lowest BCUT2D eigenvalue weighted by molar-refractivity contribution is -0.166. The van der Waals surface area contributed by atoms with Crippen LogP contribution in [0.3, 0.4) is 0 Å². The third-order valence-electron chi connectivity index (χ3n) is 19.2. The van der Waals surface area contributed by atoms with E-state index in [2.05, 4.69) is 6.58 Å². The number of ether oxygens (including phenoxy) is 6. The highest BCUT2D eigenvalue weighted by molar-refractivity contribution is 6.42. The third kappa shape index (κ3) is 11.8. The summed E-state index contributed by atoms with van der Waals surface area (Å²) in [6, 6.07) is 63.5. The van der Waals surface area contributed by atoms with E-state index in [9.17, 15) is 19.2 Å². The Balaban J connectivity index is 1.07. The number of allylic oxidation sites excluding steroid dienone is 9. The largest absolute Gasteiger partial charge is 0.459 e. The van der Waals surface area contributed by atoms with E-state index in [1.54, 1.807) is 201 Å². The van der Waals surface area contributed by atoms with Crippen LogP contribution in [0.4, 0.5) is 0 Å². The van der Waals surface area contributed by atoms with Crippen molar-refractivity contribution in [2.75, 3.05) is 0 Å². The second-order valence-electron chi connectivity index (χ2n) is 25.3. The zero-order chi connectivity index (χ0) is 72.3. The lowest BCUT2D eigenvalue weighted by atomic mass is 9.73. The Morgan fingerprint density at radius 3 is 0.875 bits per heavy atom. The number of hydrogen-bond donors (Lipinski definition) is 0. The van der Waals surface area contributed by atoms with Gasteiger partial charge in [-0.25, -0.2) is 0 Å². The number of carbonyl (C=O) groups excluding carboxylic acids is 10. The molecule has 0 aromatic heterocycles. The Bertz CT molecular complexity index is 5090. The van der Waals surface area contributed by atoms with Gasteiger partial charge in [0.2, 0.25) is 16.2 Å². The number of carbonyl (C=O) groups is 10. The van der Waals surface area contributed by atoms with Crippen molar-refractivity contribution in [3.8, 4) is 11.1 Å². The van der Waals surface area contributed by atoms with E-state index in [1.807, 2.05) is 0 Å². The second kappa shape index (κ2) is 28.4. The Hall–Kier alpha value is -13.3. The standard InChI is InChI=1S/C88H62O16/c1-3-25-65-64(4-2)76(89)70(77(65)90)44-62-40-60-42-74-68(46-72(60)86(62,80(93)99-48-54-26-11-5-12-27-54)81(94)100-49-55-28-13-6-14-29-55)69-47-73-61(43-75(69)88(74,84(97)103-52-58-34-19-9-20-35-58)85(98)104-53-59-36-21-10-22-37-59)41-63(45-71-78(91)66-38-23-24-39-67(66)79(71)92)87(73,82(95)101-50-56-30-15-7-16-31-56)83(96)102-51-57-32-17-8-18-33-57/h3-47H,1,48-53H2,2H3/b64-4+,65-25+,70-44-. The van der Waals surface area contributed by atoms with Gasteiger partial charge in [-0.15, -0.1) is 0 Å². The third-order valence-corrected chi connectivity index (χ3v) is 19.2. The molecule has 14 rings (SSSR count). The molecule has 0 heterocycles. The molecule has 5 aliphatic rings. The molecule has 0 N–H and O–H groups in total. The Morgan fingerprint density at radius 1 is 0.317 bits per heavy atom. The molecule has 0 radical (unpaired) electrons. The van der Waals surface area contributed by atoms with E-state index in [-0.39, 0.29) is 77.9 Å². The van der Waals surface area contributed by atoms with Crippen LogP contribution >= 0.6 is 0 Å². The molecule has 0 atom stereocenters. The summed E-state index contributed by atoms with van der Waals surface area (Å²) >= 11 is 0. The number of hydrogen-bond acceptors (Lipinski definition) is 16. The quantitative estimate of drug-likeness (QED) is 0.0214. The van der Waals surface area contributed by atoms with Crippen LogP contribution in [0.1, 0.15) is 94.4 Å². The molecule has 0 amide bonds. The van der Waals surface area contributed by atoms with E-state index in [0.717, 1.165) is 12.2 Å². The van der Waals surface area contributed by atoms with E-state index in [4.69, 9.17) is 28.4 Å². The van der Waals surface area contributed by atoms with Crippen LogP contribution in [-0.2, 0) is 123 Å². The summed E-state index contributed by atoms with van der Waals surface area (Å²) in [6.07, 6.45) is 9.24. The zero-order valence-electron chi connectivity index (χ0n) is 56.0. The minimum Gasteiger partial charge on any atom is -0.459 e. The maximum absolute atomic E-state index is 16.4. The van der Waals surface area contributed by atoms with Crippen molar-refractivity contribution in [1.29, 1.82) is 0 Å². The summed E-state index contributed by atoms with van der Waals surface area (Å²) in [5.41, 5.74) is -7.46. The van der Waals surface area contributed by atoms with Gasteiger partial charge < -0.3 is 28.4 Å². The minimum absolute atomic E-state index is 0.0100. The van der Waals surface area contributed by atoms with Gasteiger partial charge in [0.25, 0.3) is 0 Å². The van der Waals surface area contributed by atoms with Crippen LogP contribution in [0.2, 0.25) is 0 Å². The molecule has 9 aromatic carbocycles. The number of benzene rings is 9. The molecule has 16 nitrogen and oxygen atoms in total. The molecule has 5 aliphatic carbocycles. The number of Topliss-reactive ketones (excluding diaryl/α,β-unsaturated/α-hetero) is 4. The SMILES string of the molecule is C=C/C=C1/C(=O)/C(=C\C2=Cc3cc4c(cc3C2(C(=O)OCc2ccccc2)C(=O)OCc2ccccc2)-c2cc3c(cc2C4(C(=O)OCc2ccccc2)C(=O)OCc2ccccc2)C=C(C=C2C(=O)c4ccccc4C2=O)C3(C(=O)OCc2ccccc2)C(=O)OCc2ccccc2)C(=O)/C1=C/C. The average Bonchev–Trinajstić information content (AvgIpc) is 1.51. The molecule has 9 aromatic rings. The van der Waals surface area contributed by atoms with Crippen molar-refractivity contribution in [2.24, 2.45) is 0 Å². The molecule has 1 fully saturated rings. The summed E-state index contributed by atoms with van der Waals surface area (Å²) in [7, 11) is 0. The van der Waals surface area contributed by atoms with Gasteiger partial charge in [0, 0.05) is 22.3 Å². The predicted octanol–water partition coefficient (Wildman–Crippen LogP) is 13.8. The summed E-state index contributed by atoms with van der Waals surface area (Å²) in [5.74, 6) is -10.3. The second-order valence-corrected chi connectivity index (χ2v) is 25.3. The van der Waals surface area contributed by atoms with E-state index in [1.165, 1.54) is 66.8 Å². The smallest absolute Gasteiger partial charge is 0.333 e. The number of esters is 6. The van der Waals surface area contributed by atoms with Crippen LogP contribution in [0.25, 0.3) is 23.3 Å². The van der Waals surface area contributed by atoms with E-state index < -0.39 is 126 Å². The normalized spacial score (nSPS) is 16.3. The van der Waals surface area contributed by atoms with Gasteiger partial charge in [-0.1, -0.05) is 231 Å². The van der Waals surface area contributed by atoms with Crippen molar-refractivity contribution in [2.45, 2.75) is 62.8 Å². The molecule has 510 valence electrons. The van der Waals surface area contributed by atoms with Crippen molar-refractivity contribution in [1.82, 2.24) is 0 Å². The monoisotopic (exact) mass is 1370 g/mol. The van der Waals surface area contributed by atoms with Gasteiger partial charge in [0.05, 0.1) is 11.1 Å². The van der Waals surface area contributed by atoms with Gasteiger partial charge >= 0.3 is 35.8 Å². The van der Waals surface area contributed by atoms with Crippen molar-refractivity contribution >= 4 is 71.1 Å². The molecular weight excluding hydrogens is 1310 g/mol. The maximum Gasteiger partial charge on any atom is 0.333 e. The molecule has 1 saturated carbocycles. The number of rotatable bonds is 21. The first-order chi connectivity index (χ1) is 50.6. The first-order valence-electron chi connectivity index (χ1n) is 33.4. The lowest BCUT2D eigenvalue weighted by Gasteiger charge is -2.30. The van der Waals surface area contributed by atoms with Crippen molar-refractivity contribution < 1.29 is 76.4 Å². The van der Waals surface area contributed by atoms with Crippen LogP contribution in [0, 0.1) is 0 Å². The summed E-state index contributed by atoms with van der Waals surface area (Å²) < 4.78 is 37.8. The fraction of sp³-hybridized carbons (Fsp3) is 0.114. The Morgan fingerprint density at radius 2 is 0.587 bits per heavy atom. The van der Waals surface area contributed by atoms with Crippen LogP contribution in [0.15, 0.2) is 301 Å². The molecule has 0 aliphatic heterocycles. The van der Waals surface area contributed by atoms with Crippen LogP contribution in [-0.4, -0.2) is 58.9 Å². The molecular formula is C88H62O16. The molecule has 0 unspecified atom stereocenters. The predicted molar refractivity (Wildman–Crippen MR) is 383 cm³/mol. The fourth-order valence-electron chi connectivity index (χ4n) is 14.1. The average molecular weight is 1380 g/mol. The fourth-order valence-corrected chi connectivity index (χ4v) is 14.1. The molecule has 0 saturated heterocycles. The summed E-state index contributed by atoms with van der Waals surface area (Å²) in [6.45, 7) is 2.88. The maximum atomic E-state index is 16.4. The molecule has 0 spiro atoms. The number of ketones is 4. The van der Waals surface area contributed by atoms with Gasteiger partial charge in [0.15, 0.2) is 23.1 Å². The van der Waals surface area contributed by atoms with E-state index in [0.29, 0.717) is 33.4 Å². The highest BCUT2D eigenvalue weighted by Gasteiger charge is 2.64. The minimum atomic E-state index is -2.79. The topological polar surface area (TPSA) is 226 Å². The molecule has 104 heavy (non-hydrogen) atoms. The van der Waals surface area contributed by atoms with Crippen molar-refractivity contribution in [3.05, 3.63) is 379 Å². The van der Waals surface area contributed by atoms with Gasteiger partial charge in [-0.3, -0.25) is 47.9 Å². The first kappa shape index (κ1) is 67.8. The highest BCUT2D eigenvalue weighted by Crippen LogP contribution is 2.59. The van der Waals surface area contributed by atoms with Gasteiger partial charge in [0.1, 0.15) is 39.6 Å². The first-order valence-corrected chi connectivity index (χ1v) is 33.4. The lowest BCUT2D eigenvalue weighted by Crippen LogP contribution is -2.47. The van der Waals surface area contributed by atoms with Gasteiger partial charge in [-0.2, -0.15) is 0 Å². The van der Waals surface area contributed by atoms with Crippen molar-refractivity contribution in [3.63, 3.8) is 0 Å². The van der Waals surface area contributed by atoms with Crippen LogP contribution in [0.5, 0.6) is 0 Å². The summed E-state index contributed by atoms with van der Waals surface area (Å²) in [5, 5.41) is 0. The summed E-state index contributed by atoms with van der Waals surface area (Å²) in [4.78, 5) is 156. The Labute approximate surface area is 597 Å². The van der Waals surface area contributed by atoms with Gasteiger partial charge in [-0.05, 0) is 145 Å². The molecule has 16 heteroatoms. The Kier molecular flexibility index (Phi) is 18.5. The number of fused-ring (bicyclic) bond motifs is 6. The zero-order valence-corrected chi connectivity index (χ0v) is 56.0.